The van der Waals surface area contributed by atoms with E-state index in [1.165, 1.54) is 12.1 Å². The second-order valence-corrected chi connectivity index (χ2v) is 10.2. The number of carbonyl (C=O) groups excluding carboxylic acids is 1. The maximum Gasteiger partial charge on any atom is 0.278 e. The average molecular weight is 478 g/mol. The fourth-order valence-electron chi connectivity index (χ4n) is 3.53. The van der Waals surface area contributed by atoms with E-state index in [-0.39, 0.29) is 39.7 Å². The molecule has 0 bridgehead atoms. The molecule has 4 rings (SSSR count). The summed E-state index contributed by atoms with van der Waals surface area (Å²) in [7, 11) is -3.59. The van der Waals surface area contributed by atoms with Crippen LogP contribution < -0.4 is 21.3 Å². The summed E-state index contributed by atoms with van der Waals surface area (Å²) in [6.07, 6.45) is 4.92. The zero-order valence-electron chi connectivity index (χ0n) is 17.1. The number of imidazole rings is 1. The van der Waals surface area contributed by atoms with Gasteiger partial charge in [0, 0.05) is 11.7 Å². The summed E-state index contributed by atoms with van der Waals surface area (Å²) in [5.74, 6) is -0.327. The number of nitrogen functional groups attached to an aromatic ring is 1. The normalized spacial score (nSPS) is 15.1. The standard InChI is InChI=1S/C19H23N7O4S2/c20-18-23-16-15(17(28)25-18)22-19(24-16)31-10-14(27)21-11-6-8-13(9-7-11)32(29,30)26-12-4-2-1-3-5-12/h6-9,12,26H,1-5,10H2,(H,21,27)(H4,20,22,23,24,25,28). The Morgan fingerprint density at radius 3 is 2.56 bits per heavy atom. The molecule has 0 saturated heterocycles. The summed E-state index contributed by atoms with van der Waals surface area (Å²) >= 11 is 1.10. The van der Waals surface area contributed by atoms with Crippen molar-refractivity contribution in [3.05, 3.63) is 34.6 Å². The number of amides is 1. The number of carbonyl (C=O) groups is 1. The lowest BCUT2D eigenvalue weighted by Gasteiger charge is -2.22. The van der Waals surface area contributed by atoms with Crippen molar-refractivity contribution in [2.75, 3.05) is 16.8 Å². The first-order chi connectivity index (χ1) is 15.3. The number of fused-ring (bicyclic) bond motifs is 1. The van der Waals surface area contributed by atoms with Crippen molar-refractivity contribution in [2.45, 2.75) is 48.2 Å². The quantitative estimate of drug-likeness (QED) is 0.318. The maximum atomic E-state index is 12.6. The van der Waals surface area contributed by atoms with Crippen molar-refractivity contribution in [1.82, 2.24) is 24.7 Å². The molecule has 11 nitrogen and oxygen atoms in total. The van der Waals surface area contributed by atoms with Crippen LogP contribution in [-0.2, 0) is 14.8 Å². The molecule has 13 heteroatoms. The number of nitrogens with two attached hydrogens (primary N) is 1. The third kappa shape index (κ3) is 5.29. The van der Waals surface area contributed by atoms with Gasteiger partial charge in [-0.15, -0.1) is 0 Å². The number of rotatable bonds is 7. The smallest absolute Gasteiger partial charge is 0.278 e. The van der Waals surface area contributed by atoms with E-state index < -0.39 is 15.6 Å². The molecular weight excluding hydrogens is 454 g/mol. The van der Waals surface area contributed by atoms with Crippen LogP contribution in [0.1, 0.15) is 32.1 Å². The molecule has 1 aliphatic carbocycles. The van der Waals surface area contributed by atoms with Gasteiger partial charge in [-0.2, -0.15) is 4.98 Å². The second kappa shape index (κ2) is 9.30. The minimum atomic E-state index is -3.59. The molecular formula is C19H23N7O4S2. The summed E-state index contributed by atoms with van der Waals surface area (Å²) < 4.78 is 27.9. The van der Waals surface area contributed by atoms with Crippen molar-refractivity contribution in [3.63, 3.8) is 0 Å². The van der Waals surface area contributed by atoms with E-state index in [1.54, 1.807) is 12.1 Å². The number of aromatic amines is 2. The van der Waals surface area contributed by atoms with Gasteiger partial charge in [0.2, 0.25) is 21.9 Å². The minimum absolute atomic E-state index is 0.0226. The number of nitrogens with one attached hydrogen (secondary N) is 4. The molecule has 3 aromatic rings. The number of hydrogen-bond acceptors (Lipinski definition) is 8. The minimum Gasteiger partial charge on any atom is -0.369 e. The molecule has 0 radical (unpaired) electrons. The van der Waals surface area contributed by atoms with Crippen molar-refractivity contribution in [1.29, 1.82) is 0 Å². The number of aromatic nitrogens is 4. The van der Waals surface area contributed by atoms with Gasteiger partial charge in [-0.25, -0.2) is 18.1 Å². The molecule has 1 aromatic carbocycles. The molecule has 0 atom stereocenters. The van der Waals surface area contributed by atoms with Crippen LogP contribution in [0.4, 0.5) is 11.6 Å². The number of sulfonamides is 1. The zero-order valence-corrected chi connectivity index (χ0v) is 18.7. The van der Waals surface area contributed by atoms with E-state index in [2.05, 4.69) is 30.0 Å². The highest BCUT2D eigenvalue weighted by Crippen LogP contribution is 2.21. The van der Waals surface area contributed by atoms with Gasteiger partial charge >= 0.3 is 0 Å². The predicted molar refractivity (Wildman–Crippen MR) is 122 cm³/mol. The first-order valence-corrected chi connectivity index (χ1v) is 12.6. The van der Waals surface area contributed by atoms with Crippen molar-refractivity contribution < 1.29 is 13.2 Å². The van der Waals surface area contributed by atoms with Crippen LogP contribution in [0, 0.1) is 0 Å². The molecule has 170 valence electrons. The number of nitrogens with zero attached hydrogens (tertiary/aromatic N) is 2. The van der Waals surface area contributed by atoms with Gasteiger partial charge in [0.1, 0.15) is 0 Å². The van der Waals surface area contributed by atoms with E-state index in [4.69, 9.17) is 5.73 Å². The Bertz CT molecular complexity index is 1280. The van der Waals surface area contributed by atoms with Crippen LogP contribution in [0.15, 0.2) is 39.1 Å². The highest BCUT2D eigenvalue weighted by atomic mass is 32.2. The topological polar surface area (TPSA) is 176 Å². The summed E-state index contributed by atoms with van der Waals surface area (Å²) in [6, 6.07) is 6.01. The summed E-state index contributed by atoms with van der Waals surface area (Å²) in [4.78, 5) is 37.5. The van der Waals surface area contributed by atoms with E-state index in [0.29, 0.717) is 10.8 Å². The molecule has 2 heterocycles. The Labute approximate surface area is 188 Å². The summed E-state index contributed by atoms with van der Waals surface area (Å²) in [6.45, 7) is 0. The average Bonchev–Trinajstić information content (AvgIpc) is 3.16. The van der Waals surface area contributed by atoms with Gasteiger partial charge in [-0.3, -0.25) is 14.6 Å². The number of anilines is 2. The van der Waals surface area contributed by atoms with Gasteiger partial charge in [0.25, 0.3) is 5.56 Å². The van der Waals surface area contributed by atoms with Gasteiger partial charge < -0.3 is 16.0 Å². The first kappa shape index (κ1) is 22.3. The van der Waals surface area contributed by atoms with Gasteiger partial charge in [0.15, 0.2) is 16.3 Å². The number of benzene rings is 1. The van der Waals surface area contributed by atoms with Gasteiger partial charge in [-0.1, -0.05) is 31.0 Å². The largest absolute Gasteiger partial charge is 0.369 e. The lowest BCUT2D eigenvalue weighted by Crippen LogP contribution is -2.36. The lowest BCUT2D eigenvalue weighted by molar-refractivity contribution is -0.113. The maximum absolute atomic E-state index is 12.6. The molecule has 6 N–H and O–H groups in total. The van der Waals surface area contributed by atoms with Crippen LogP contribution >= 0.6 is 11.8 Å². The third-order valence-corrected chi connectivity index (χ3v) is 7.48. The van der Waals surface area contributed by atoms with E-state index in [1.807, 2.05) is 0 Å². The van der Waals surface area contributed by atoms with Crippen LogP contribution in [0.3, 0.4) is 0 Å². The Hall–Kier alpha value is -2.90. The van der Waals surface area contributed by atoms with E-state index in [0.717, 1.165) is 43.9 Å². The number of hydrogen-bond donors (Lipinski definition) is 5. The predicted octanol–water partition coefficient (Wildman–Crippen LogP) is 1.57. The van der Waals surface area contributed by atoms with Crippen molar-refractivity contribution in [2.24, 2.45) is 0 Å². The molecule has 0 spiro atoms. The fourth-order valence-corrected chi connectivity index (χ4v) is 5.50. The molecule has 1 saturated carbocycles. The SMILES string of the molecule is Nc1nc2nc(SCC(=O)Nc3ccc(S(=O)(=O)NC4CCCCC4)cc3)[nH]c2c(=O)[nH]1. The zero-order chi connectivity index (χ0) is 22.7. The summed E-state index contributed by atoms with van der Waals surface area (Å²) in [5, 5.41) is 3.06. The van der Waals surface area contributed by atoms with Gasteiger partial charge in [0.05, 0.1) is 10.6 Å². The molecule has 0 aliphatic heterocycles. The summed E-state index contributed by atoms with van der Waals surface area (Å²) in [5.41, 5.74) is 5.88. The van der Waals surface area contributed by atoms with Crippen LogP contribution in [0.5, 0.6) is 0 Å². The van der Waals surface area contributed by atoms with Crippen LogP contribution in [0.2, 0.25) is 0 Å². The Morgan fingerprint density at radius 1 is 1.12 bits per heavy atom. The molecule has 1 aliphatic rings. The van der Waals surface area contributed by atoms with Crippen LogP contribution in [0.25, 0.3) is 11.2 Å². The highest BCUT2D eigenvalue weighted by molar-refractivity contribution is 7.99. The van der Waals surface area contributed by atoms with Gasteiger partial charge in [-0.05, 0) is 37.1 Å². The van der Waals surface area contributed by atoms with Crippen molar-refractivity contribution in [3.8, 4) is 0 Å². The lowest BCUT2D eigenvalue weighted by atomic mass is 9.96. The monoisotopic (exact) mass is 477 g/mol. The Morgan fingerprint density at radius 2 is 1.84 bits per heavy atom. The Balaban J connectivity index is 1.33. The van der Waals surface area contributed by atoms with Crippen LogP contribution in [-0.4, -0.2) is 46.1 Å². The molecule has 1 amide bonds. The fraction of sp³-hybridized carbons (Fsp3) is 0.368. The molecule has 2 aromatic heterocycles. The third-order valence-electron chi connectivity index (χ3n) is 5.07. The molecule has 0 unspecified atom stereocenters. The van der Waals surface area contributed by atoms with Crippen molar-refractivity contribution >= 4 is 50.5 Å². The number of H-pyrrole nitrogens is 2. The Kier molecular flexibility index (Phi) is 6.48. The highest BCUT2D eigenvalue weighted by Gasteiger charge is 2.21. The second-order valence-electron chi connectivity index (χ2n) is 7.51. The van der Waals surface area contributed by atoms with E-state index in [9.17, 15) is 18.0 Å². The molecule has 1 fully saturated rings. The number of thioether (sulfide) groups is 1. The molecule has 32 heavy (non-hydrogen) atoms. The first-order valence-electron chi connectivity index (χ1n) is 10.1. The van der Waals surface area contributed by atoms with E-state index >= 15 is 0 Å².